The fourth-order valence-electron chi connectivity index (χ4n) is 2.75. The molecule has 31 heavy (non-hydrogen) atoms. The summed E-state index contributed by atoms with van der Waals surface area (Å²) in [6.07, 6.45) is -1.20. The third kappa shape index (κ3) is 6.74. The Morgan fingerprint density at radius 3 is 2.39 bits per heavy atom. The Bertz CT molecular complexity index is 993. The molecule has 0 aliphatic heterocycles. The van der Waals surface area contributed by atoms with Crippen LogP contribution in [0.4, 0.5) is 13.2 Å². The van der Waals surface area contributed by atoms with E-state index >= 15 is 0 Å². The summed E-state index contributed by atoms with van der Waals surface area (Å²) in [5.74, 6) is 0.334. The maximum absolute atomic E-state index is 12.6. The first-order chi connectivity index (χ1) is 14.8. The Balaban J connectivity index is 1.50. The van der Waals surface area contributed by atoms with Crippen LogP contribution in [-0.2, 0) is 17.6 Å². The second-order valence-electron chi connectivity index (χ2n) is 6.83. The molecule has 8 heteroatoms. The molecule has 0 aliphatic carbocycles. The Hall–Kier alpha value is -3.55. The molecule has 3 rings (SSSR count). The van der Waals surface area contributed by atoms with E-state index in [1.54, 1.807) is 25.4 Å². The van der Waals surface area contributed by atoms with E-state index in [0.29, 0.717) is 12.4 Å². The van der Waals surface area contributed by atoms with Gasteiger partial charge in [-0.05, 0) is 48.4 Å². The van der Waals surface area contributed by atoms with Gasteiger partial charge in [0.15, 0.2) is 6.61 Å². The molecule has 0 bridgehead atoms. The van der Waals surface area contributed by atoms with E-state index in [1.807, 2.05) is 30.3 Å². The number of alkyl halides is 3. The molecule has 1 amide bonds. The summed E-state index contributed by atoms with van der Waals surface area (Å²) >= 11 is 0. The minimum absolute atomic E-state index is 0.175. The van der Waals surface area contributed by atoms with Gasteiger partial charge in [0, 0.05) is 6.20 Å². The van der Waals surface area contributed by atoms with Crippen molar-refractivity contribution in [2.24, 2.45) is 0 Å². The topological polar surface area (TPSA) is 60.5 Å². The number of carbonyl (C=O) groups is 1. The molecule has 0 aliphatic rings. The lowest BCUT2D eigenvalue weighted by molar-refractivity contribution is -0.137. The normalized spacial score (nSPS) is 12.1. The van der Waals surface area contributed by atoms with Crippen LogP contribution in [0.5, 0.6) is 11.5 Å². The molecule has 162 valence electrons. The minimum atomic E-state index is -4.42. The van der Waals surface area contributed by atoms with Gasteiger partial charge >= 0.3 is 6.18 Å². The summed E-state index contributed by atoms with van der Waals surface area (Å²) in [7, 11) is 0. The van der Waals surface area contributed by atoms with Crippen LogP contribution in [0.15, 0.2) is 73.1 Å². The van der Waals surface area contributed by atoms with Crippen LogP contribution in [0, 0.1) is 0 Å². The van der Waals surface area contributed by atoms with Gasteiger partial charge in [0.1, 0.15) is 18.1 Å². The number of aromatic nitrogens is 1. The van der Waals surface area contributed by atoms with Gasteiger partial charge in [-0.25, -0.2) is 0 Å². The zero-order valence-electron chi connectivity index (χ0n) is 16.7. The number of amides is 1. The van der Waals surface area contributed by atoms with E-state index in [-0.39, 0.29) is 18.4 Å². The van der Waals surface area contributed by atoms with Crippen molar-refractivity contribution < 1.29 is 27.4 Å². The third-order valence-electron chi connectivity index (χ3n) is 4.41. The van der Waals surface area contributed by atoms with Crippen molar-refractivity contribution >= 4 is 5.91 Å². The van der Waals surface area contributed by atoms with Gasteiger partial charge in [0.25, 0.3) is 5.91 Å². The molecule has 2 aromatic carbocycles. The van der Waals surface area contributed by atoms with Crippen molar-refractivity contribution in [3.63, 3.8) is 0 Å². The molecule has 0 saturated carbocycles. The van der Waals surface area contributed by atoms with E-state index in [0.717, 1.165) is 23.3 Å². The number of hydrogen-bond acceptors (Lipinski definition) is 4. The monoisotopic (exact) mass is 430 g/mol. The number of benzene rings is 2. The predicted octanol–water partition coefficient (Wildman–Crippen LogP) is 4.94. The highest BCUT2D eigenvalue weighted by atomic mass is 19.4. The lowest BCUT2D eigenvalue weighted by atomic mass is 10.1. The molecule has 0 unspecified atom stereocenters. The van der Waals surface area contributed by atoms with E-state index < -0.39 is 17.6 Å². The first-order valence-electron chi connectivity index (χ1n) is 9.52. The second kappa shape index (κ2) is 9.97. The van der Waals surface area contributed by atoms with Crippen molar-refractivity contribution in [3.05, 3.63) is 89.7 Å². The fourth-order valence-corrected chi connectivity index (χ4v) is 2.75. The Labute approximate surface area is 177 Å². The number of nitrogens with zero attached hydrogens (tertiary/aromatic N) is 1. The number of halogens is 3. The van der Waals surface area contributed by atoms with Gasteiger partial charge in [-0.2, -0.15) is 13.2 Å². The van der Waals surface area contributed by atoms with E-state index in [1.165, 1.54) is 12.1 Å². The molecule has 0 spiro atoms. The summed E-state index contributed by atoms with van der Waals surface area (Å²) in [6, 6.07) is 15.3. The number of nitrogens with one attached hydrogen (secondary N) is 1. The molecule has 3 aromatic rings. The van der Waals surface area contributed by atoms with Gasteiger partial charge in [-0.15, -0.1) is 0 Å². The molecular weight excluding hydrogens is 409 g/mol. The highest BCUT2D eigenvalue weighted by molar-refractivity contribution is 5.78. The van der Waals surface area contributed by atoms with Crippen LogP contribution in [-0.4, -0.2) is 17.5 Å². The van der Waals surface area contributed by atoms with Crippen molar-refractivity contribution in [1.29, 1.82) is 0 Å². The maximum Gasteiger partial charge on any atom is 0.416 e. The smallest absolute Gasteiger partial charge is 0.416 e. The molecule has 5 nitrogen and oxygen atoms in total. The minimum Gasteiger partial charge on any atom is -0.487 e. The first kappa shape index (κ1) is 22.1. The zero-order chi connectivity index (χ0) is 22.3. The van der Waals surface area contributed by atoms with Crippen LogP contribution in [0.3, 0.4) is 0 Å². The SMILES string of the molecule is C[C@@H](NC(=O)COc1ccc(C(F)(F)F)cc1)c1cncc(OCc2ccccc2)c1. The standard InChI is InChI=1S/C23H21F3N2O3/c1-16(18-11-21(13-27-12-18)30-14-17-5-3-2-4-6-17)28-22(29)15-31-20-9-7-19(8-10-20)23(24,25)26/h2-13,16H,14-15H2,1H3,(H,28,29)/t16-/m1/s1. The average molecular weight is 430 g/mol. The fraction of sp³-hybridized carbons (Fsp3) is 0.217. The van der Waals surface area contributed by atoms with E-state index in [9.17, 15) is 18.0 Å². The van der Waals surface area contributed by atoms with Crippen molar-refractivity contribution in [2.45, 2.75) is 25.7 Å². The summed E-state index contributed by atoms with van der Waals surface area (Å²) in [4.78, 5) is 16.3. The first-order valence-corrected chi connectivity index (χ1v) is 9.52. The van der Waals surface area contributed by atoms with Crippen LogP contribution in [0.25, 0.3) is 0 Å². The Morgan fingerprint density at radius 1 is 1.00 bits per heavy atom. The molecule has 0 fully saturated rings. The molecule has 1 aromatic heterocycles. The lowest BCUT2D eigenvalue weighted by Gasteiger charge is -2.16. The number of hydrogen-bond donors (Lipinski definition) is 1. The van der Waals surface area contributed by atoms with Crippen LogP contribution in [0.2, 0.25) is 0 Å². The predicted molar refractivity (Wildman–Crippen MR) is 109 cm³/mol. The van der Waals surface area contributed by atoms with E-state index in [4.69, 9.17) is 9.47 Å². The average Bonchev–Trinajstić information content (AvgIpc) is 2.77. The molecular formula is C23H21F3N2O3. The second-order valence-corrected chi connectivity index (χ2v) is 6.83. The summed E-state index contributed by atoms with van der Waals surface area (Å²) < 4.78 is 48.8. The number of ether oxygens (including phenoxy) is 2. The van der Waals surface area contributed by atoms with E-state index in [2.05, 4.69) is 10.3 Å². The summed E-state index contributed by atoms with van der Waals surface area (Å²) in [5.41, 5.74) is 0.989. The summed E-state index contributed by atoms with van der Waals surface area (Å²) in [6.45, 7) is 1.86. The van der Waals surface area contributed by atoms with Crippen LogP contribution < -0.4 is 14.8 Å². The largest absolute Gasteiger partial charge is 0.487 e. The highest BCUT2D eigenvalue weighted by Crippen LogP contribution is 2.30. The van der Waals surface area contributed by atoms with Crippen molar-refractivity contribution in [1.82, 2.24) is 10.3 Å². The molecule has 0 saturated heterocycles. The highest BCUT2D eigenvalue weighted by Gasteiger charge is 2.30. The number of rotatable bonds is 8. The van der Waals surface area contributed by atoms with Gasteiger partial charge < -0.3 is 14.8 Å². The lowest BCUT2D eigenvalue weighted by Crippen LogP contribution is -2.31. The quantitative estimate of drug-likeness (QED) is 0.550. The summed E-state index contributed by atoms with van der Waals surface area (Å²) in [5, 5.41) is 2.76. The third-order valence-corrected chi connectivity index (χ3v) is 4.41. The Kier molecular flexibility index (Phi) is 7.12. The Morgan fingerprint density at radius 2 is 1.71 bits per heavy atom. The molecule has 1 N–H and O–H groups in total. The van der Waals surface area contributed by atoms with Crippen LogP contribution >= 0.6 is 0 Å². The number of pyridine rings is 1. The van der Waals surface area contributed by atoms with Crippen LogP contribution in [0.1, 0.15) is 29.7 Å². The molecule has 1 atom stereocenters. The van der Waals surface area contributed by atoms with Gasteiger partial charge in [-0.3, -0.25) is 9.78 Å². The van der Waals surface area contributed by atoms with Gasteiger partial charge in [0.2, 0.25) is 0 Å². The van der Waals surface area contributed by atoms with Crippen molar-refractivity contribution in [2.75, 3.05) is 6.61 Å². The maximum atomic E-state index is 12.6. The van der Waals surface area contributed by atoms with Gasteiger partial charge in [-0.1, -0.05) is 30.3 Å². The van der Waals surface area contributed by atoms with Crippen molar-refractivity contribution in [3.8, 4) is 11.5 Å². The molecule has 0 radical (unpaired) electrons. The van der Waals surface area contributed by atoms with Gasteiger partial charge in [0.05, 0.1) is 17.8 Å². The number of carbonyl (C=O) groups excluding carboxylic acids is 1. The molecule has 1 heterocycles. The zero-order valence-corrected chi connectivity index (χ0v) is 16.7.